The van der Waals surface area contributed by atoms with Crippen molar-refractivity contribution in [1.82, 2.24) is 9.38 Å². The molecule has 26 heavy (non-hydrogen) atoms. The van der Waals surface area contributed by atoms with Crippen LogP contribution in [0.25, 0.3) is 5.65 Å². The molecule has 3 aromatic rings. The number of ether oxygens (including phenoxy) is 1. The molecule has 0 saturated heterocycles. The lowest BCUT2D eigenvalue weighted by atomic mass is 10.1. The number of nitrogens with zero attached hydrogens (tertiary/aromatic N) is 2. The minimum absolute atomic E-state index is 0.148. The number of aromatic nitrogens is 2. The van der Waals surface area contributed by atoms with E-state index in [1.807, 2.05) is 26.0 Å². The molecule has 0 unspecified atom stereocenters. The highest BCUT2D eigenvalue weighted by molar-refractivity contribution is 6.30. The quantitative estimate of drug-likeness (QED) is 0.705. The number of rotatable bonds is 6. The highest BCUT2D eigenvalue weighted by Crippen LogP contribution is 2.20. The lowest BCUT2D eigenvalue weighted by Crippen LogP contribution is -2.17. The molecule has 0 saturated carbocycles. The second-order valence-corrected chi connectivity index (χ2v) is 6.90. The maximum Gasteiger partial charge on any atom is 0.258 e. The fraction of sp³-hybridized carbons (Fsp3) is 0.300. The first-order valence-corrected chi connectivity index (χ1v) is 8.93. The van der Waals surface area contributed by atoms with Gasteiger partial charge in [-0.05, 0) is 50.1 Å². The van der Waals surface area contributed by atoms with Gasteiger partial charge in [0, 0.05) is 18.0 Å². The van der Waals surface area contributed by atoms with E-state index in [9.17, 15) is 4.79 Å². The van der Waals surface area contributed by atoms with Gasteiger partial charge in [0.25, 0.3) is 5.56 Å². The molecule has 0 fully saturated rings. The van der Waals surface area contributed by atoms with Crippen molar-refractivity contribution in [2.24, 2.45) is 0 Å². The minimum Gasteiger partial charge on any atom is -0.379 e. The zero-order valence-corrected chi connectivity index (χ0v) is 15.9. The van der Waals surface area contributed by atoms with Crippen molar-refractivity contribution in [3.8, 4) is 0 Å². The van der Waals surface area contributed by atoms with Gasteiger partial charge in [0.05, 0.1) is 30.0 Å². The van der Waals surface area contributed by atoms with Crippen LogP contribution in [-0.2, 0) is 17.9 Å². The number of benzene rings is 1. The van der Waals surface area contributed by atoms with E-state index < -0.39 is 0 Å². The summed E-state index contributed by atoms with van der Waals surface area (Å²) >= 11 is 5.94. The van der Waals surface area contributed by atoms with Crippen molar-refractivity contribution in [2.75, 3.05) is 5.32 Å². The SMILES string of the molecule is Cc1c(COC(C)C)cccc1NCc1cc(=O)n2cc(Cl)ccc2n1. The van der Waals surface area contributed by atoms with Crippen LogP contribution in [0.2, 0.25) is 5.02 Å². The molecule has 0 atom stereocenters. The van der Waals surface area contributed by atoms with Gasteiger partial charge >= 0.3 is 0 Å². The van der Waals surface area contributed by atoms with Crippen LogP contribution in [0.15, 0.2) is 47.4 Å². The molecule has 0 aliphatic carbocycles. The van der Waals surface area contributed by atoms with Crippen LogP contribution in [0.4, 0.5) is 5.69 Å². The maximum atomic E-state index is 12.3. The van der Waals surface area contributed by atoms with Crippen molar-refractivity contribution in [3.63, 3.8) is 0 Å². The van der Waals surface area contributed by atoms with Crippen molar-refractivity contribution in [2.45, 2.75) is 40.0 Å². The molecule has 3 rings (SSSR count). The zero-order valence-electron chi connectivity index (χ0n) is 15.1. The number of halogens is 1. The van der Waals surface area contributed by atoms with Crippen LogP contribution in [-0.4, -0.2) is 15.5 Å². The van der Waals surface area contributed by atoms with E-state index in [-0.39, 0.29) is 11.7 Å². The van der Waals surface area contributed by atoms with Crippen LogP contribution >= 0.6 is 11.6 Å². The van der Waals surface area contributed by atoms with E-state index in [4.69, 9.17) is 16.3 Å². The average Bonchev–Trinajstić information content (AvgIpc) is 2.60. The highest BCUT2D eigenvalue weighted by atomic mass is 35.5. The fourth-order valence-electron chi connectivity index (χ4n) is 2.69. The van der Waals surface area contributed by atoms with Gasteiger partial charge in [-0.1, -0.05) is 23.7 Å². The van der Waals surface area contributed by atoms with Gasteiger partial charge in [-0.15, -0.1) is 0 Å². The third-order valence-corrected chi connectivity index (χ3v) is 4.38. The molecule has 0 aliphatic heterocycles. The van der Waals surface area contributed by atoms with Crippen LogP contribution in [0.5, 0.6) is 0 Å². The number of hydrogen-bond donors (Lipinski definition) is 1. The summed E-state index contributed by atoms with van der Waals surface area (Å²) in [5.41, 5.74) is 4.40. The Morgan fingerprint density at radius 3 is 2.85 bits per heavy atom. The average molecular weight is 372 g/mol. The molecule has 1 aromatic carbocycles. The largest absolute Gasteiger partial charge is 0.379 e. The van der Waals surface area contributed by atoms with E-state index in [1.165, 1.54) is 10.5 Å². The summed E-state index contributed by atoms with van der Waals surface area (Å²) in [5, 5.41) is 3.87. The molecule has 0 spiro atoms. The van der Waals surface area contributed by atoms with E-state index in [2.05, 4.69) is 23.3 Å². The molecule has 0 aliphatic rings. The van der Waals surface area contributed by atoms with Crippen molar-refractivity contribution in [1.29, 1.82) is 0 Å². The van der Waals surface area contributed by atoms with Crippen LogP contribution in [0.1, 0.15) is 30.7 Å². The lowest BCUT2D eigenvalue weighted by Gasteiger charge is -2.15. The number of anilines is 1. The van der Waals surface area contributed by atoms with Gasteiger partial charge in [-0.3, -0.25) is 9.20 Å². The highest BCUT2D eigenvalue weighted by Gasteiger charge is 2.07. The number of nitrogens with one attached hydrogen (secondary N) is 1. The second-order valence-electron chi connectivity index (χ2n) is 6.46. The Bertz CT molecular complexity index is 982. The molecule has 136 valence electrons. The Morgan fingerprint density at radius 1 is 1.27 bits per heavy atom. The normalized spacial score (nSPS) is 11.3. The molecule has 1 N–H and O–H groups in total. The predicted octanol–water partition coefficient (Wildman–Crippen LogP) is 4.19. The number of fused-ring (bicyclic) bond motifs is 1. The molecular formula is C20H22ClN3O2. The number of hydrogen-bond acceptors (Lipinski definition) is 4. The monoisotopic (exact) mass is 371 g/mol. The Morgan fingerprint density at radius 2 is 2.08 bits per heavy atom. The van der Waals surface area contributed by atoms with Gasteiger partial charge in [-0.25, -0.2) is 4.98 Å². The fourth-order valence-corrected chi connectivity index (χ4v) is 2.85. The van der Waals surface area contributed by atoms with Crippen LogP contribution < -0.4 is 10.9 Å². The van der Waals surface area contributed by atoms with Crippen molar-refractivity contribution >= 4 is 22.9 Å². The van der Waals surface area contributed by atoms with E-state index in [0.717, 1.165) is 16.8 Å². The van der Waals surface area contributed by atoms with E-state index >= 15 is 0 Å². The Balaban J connectivity index is 1.79. The molecule has 2 heterocycles. The molecule has 0 amide bonds. The zero-order chi connectivity index (χ0) is 18.7. The first-order chi connectivity index (χ1) is 12.4. The molecular weight excluding hydrogens is 350 g/mol. The first kappa shape index (κ1) is 18.4. The smallest absolute Gasteiger partial charge is 0.258 e. The lowest BCUT2D eigenvalue weighted by molar-refractivity contribution is 0.0654. The maximum absolute atomic E-state index is 12.3. The summed E-state index contributed by atoms with van der Waals surface area (Å²) < 4.78 is 7.15. The molecule has 0 radical (unpaired) electrons. The molecule has 0 bridgehead atoms. The van der Waals surface area contributed by atoms with Crippen LogP contribution in [0.3, 0.4) is 0 Å². The summed E-state index contributed by atoms with van der Waals surface area (Å²) in [6.07, 6.45) is 1.76. The van der Waals surface area contributed by atoms with Crippen molar-refractivity contribution in [3.05, 3.63) is 74.8 Å². The Hall–Kier alpha value is -2.37. The summed E-state index contributed by atoms with van der Waals surface area (Å²) in [6, 6.07) is 11.1. The van der Waals surface area contributed by atoms with E-state index in [1.54, 1.807) is 18.3 Å². The van der Waals surface area contributed by atoms with Gasteiger partial charge in [0.15, 0.2) is 0 Å². The Kier molecular flexibility index (Phi) is 5.59. The third kappa shape index (κ3) is 4.23. The summed E-state index contributed by atoms with van der Waals surface area (Å²) in [5.74, 6) is 0. The first-order valence-electron chi connectivity index (χ1n) is 8.56. The molecule has 2 aromatic heterocycles. The minimum atomic E-state index is -0.148. The summed E-state index contributed by atoms with van der Waals surface area (Å²) in [7, 11) is 0. The third-order valence-electron chi connectivity index (χ3n) is 4.15. The topological polar surface area (TPSA) is 55.6 Å². The van der Waals surface area contributed by atoms with E-state index in [0.29, 0.717) is 29.5 Å². The number of pyridine rings is 1. The standard InChI is InChI=1S/C20H22ClN3O2/c1-13(2)26-12-15-5-4-6-18(14(15)3)22-10-17-9-20(25)24-11-16(21)7-8-19(24)23-17/h4-9,11,13,22H,10,12H2,1-3H3. The van der Waals surface area contributed by atoms with Gasteiger partial charge in [-0.2, -0.15) is 0 Å². The molecule has 5 nitrogen and oxygen atoms in total. The summed E-state index contributed by atoms with van der Waals surface area (Å²) in [4.78, 5) is 16.8. The van der Waals surface area contributed by atoms with Gasteiger partial charge in [0.2, 0.25) is 0 Å². The summed E-state index contributed by atoms with van der Waals surface area (Å²) in [6.45, 7) is 7.15. The second kappa shape index (κ2) is 7.89. The van der Waals surface area contributed by atoms with Crippen LogP contribution in [0, 0.1) is 6.92 Å². The Labute approximate surface area is 157 Å². The van der Waals surface area contributed by atoms with Crippen molar-refractivity contribution < 1.29 is 4.74 Å². The van der Waals surface area contributed by atoms with Gasteiger partial charge < -0.3 is 10.1 Å². The predicted molar refractivity (Wildman–Crippen MR) is 105 cm³/mol. The van der Waals surface area contributed by atoms with Gasteiger partial charge in [0.1, 0.15) is 5.65 Å². The molecule has 6 heteroatoms.